The number of anilines is 1. The van der Waals surface area contributed by atoms with Crippen LogP contribution in [0.25, 0.3) is 22.1 Å². The fourth-order valence-electron chi connectivity index (χ4n) is 4.85. The molecule has 0 aliphatic carbocycles. The van der Waals surface area contributed by atoms with E-state index in [1.807, 2.05) is 116 Å². The SMILES string of the molecule is CC(=C=C(c1ccccc1)c1c(N2C(=O)OCC2c2ccccc2)oc2ccccc12)c1ccc(Cl)cc1. The molecule has 5 aromatic rings. The van der Waals surface area contributed by atoms with Gasteiger partial charge in [-0.3, -0.25) is 0 Å². The van der Waals surface area contributed by atoms with Gasteiger partial charge in [0.2, 0.25) is 5.88 Å². The highest BCUT2D eigenvalue weighted by molar-refractivity contribution is 6.30. The molecular weight excluding hydrogens is 494 g/mol. The van der Waals surface area contributed by atoms with Gasteiger partial charge in [-0.1, -0.05) is 103 Å². The quantitative estimate of drug-likeness (QED) is 0.218. The van der Waals surface area contributed by atoms with E-state index in [2.05, 4.69) is 5.73 Å². The van der Waals surface area contributed by atoms with Gasteiger partial charge in [-0.15, -0.1) is 5.73 Å². The molecule has 1 aromatic heterocycles. The average Bonchev–Trinajstić information content (AvgIpc) is 3.53. The van der Waals surface area contributed by atoms with Crippen LogP contribution in [-0.4, -0.2) is 12.7 Å². The molecular formula is C33H24ClNO3. The largest absolute Gasteiger partial charge is 0.446 e. The predicted octanol–water partition coefficient (Wildman–Crippen LogP) is 8.92. The highest BCUT2D eigenvalue weighted by Gasteiger charge is 2.40. The third kappa shape index (κ3) is 4.41. The molecule has 1 amide bonds. The second-order valence-electron chi connectivity index (χ2n) is 9.15. The van der Waals surface area contributed by atoms with Crippen molar-refractivity contribution >= 4 is 45.7 Å². The number of ether oxygens (including phenoxy) is 1. The maximum absolute atomic E-state index is 13.2. The van der Waals surface area contributed by atoms with Gasteiger partial charge in [0.05, 0.1) is 5.56 Å². The molecule has 186 valence electrons. The molecule has 6 rings (SSSR count). The summed E-state index contributed by atoms with van der Waals surface area (Å²) in [5.74, 6) is 0.442. The third-order valence-corrected chi connectivity index (χ3v) is 7.01. The third-order valence-electron chi connectivity index (χ3n) is 6.76. The molecule has 0 saturated carbocycles. The van der Waals surface area contributed by atoms with Crippen molar-refractivity contribution in [2.24, 2.45) is 0 Å². The van der Waals surface area contributed by atoms with Crippen LogP contribution in [0.1, 0.15) is 35.2 Å². The van der Waals surface area contributed by atoms with Crippen molar-refractivity contribution in [2.75, 3.05) is 11.5 Å². The Kier molecular flexibility index (Phi) is 6.35. The first-order valence-corrected chi connectivity index (χ1v) is 12.8. The van der Waals surface area contributed by atoms with E-state index in [4.69, 9.17) is 20.8 Å². The number of benzene rings is 4. The molecule has 1 fully saturated rings. The Morgan fingerprint density at radius 3 is 2.24 bits per heavy atom. The maximum Gasteiger partial charge on any atom is 0.417 e. The van der Waals surface area contributed by atoms with Gasteiger partial charge in [-0.2, -0.15) is 0 Å². The number of hydrogen-bond acceptors (Lipinski definition) is 3. The van der Waals surface area contributed by atoms with Crippen molar-refractivity contribution in [3.63, 3.8) is 0 Å². The van der Waals surface area contributed by atoms with Crippen molar-refractivity contribution in [3.05, 3.63) is 142 Å². The number of carbonyl (C=O) groups is 1. The highest BCUT2D eigenvalue weighted by atomic mass is 35.5. The molecule has 0 radical (unpaired) electrons. The Hall–Kier alpha value is -4.50. The summed E-state index contributed by atoms with van der Waals surface area (Å²) < 4.78 is 12.0. The van der Waals surface area contributed by atoms with E-state index >= 15 is 0 Å². The van der Waals surface area contributed by atoms with Gasteiger partial charge in [0.1, 0.15) is 18.2 Å². The monoisotopic (exact) mass is 517 g/mol. The first-order chi connectivity index (χ1) is 18.6. The van der Waals surface area contributed by atoms with Gasteiger partial charge in [0, 0.05) is 16.0 Å². The molecule has 0 bridgehead atoms. The minimum Gasteiger partial charge on any atom is -0.446 e. The van der Waals surface area contributed by atoms with Gasteiger partial charge >= 0.3 is 6.09 Å². The summed E-state index contributed by atoms with van der Waals surface area (Å²) in [6, 6.07) is 35.1. The number of cyclic esters (lactones) is 1. The average molecular weight is 518 g/mol. The number of hydrogen-bond donors (Lipinski definition) is 0. The smallest absolute Gasteiger partial charge is 0.417 e. The Labute approximate surface area is 226 Å². The lowest BCUT2D eigenvalue weighted by Gasteiger charge is -2.21. The standard InChI is InChI=1S/C33H24ClNO3/c1-22(23-16-18-26(34)19-17-23)20-28(24-10-4-2-5-11-24)31-27-14-8-9-15-30(27)38-32(31)35-29(21-37-33(35)36)25-12-6-3-7-13-25/h2-19,29H,21H2,1H3. The molecule has 2 heterocycles. The summed E-state index contributed by atoms with van der Waals surface area (Å²) >= 11 is 6.14. The number of fused-ring (bicyclic) bond motifs is 1. The van der Waals surface area contributed by atoms with E-state index in [0.29, 0.717) is 16.5 Å². The van der Waals surface area contributed by atoms with Gasteiger partial charge < -0.3 is 9.15 Å². The molecule has 0 N–H and O–H groups in total. The fourth-order valence-corrected chi connectivity index (χ4v) is 4.98. The summed E-state index contributed by atoms with van der Waals surface area (Å²) in [6.07, 6.45) is -0.440. The van der Waals surface area contributed by atoms with Gasteiger partial charge in [-0.05, 0) is 47.4 Å². The molecule has 5 heteroatoms. The van der Waals surface area contributed by atoms with Gasteiger partial charge in [0.15, 0.2) is 0 Å². The minimum absolute atomic E-state index is 0.239. The summed E-state index contributed by atoms with van der Waals surface area (Å²) in [4.78, 5) is 14.9. The van der Waals surface area contributed by atoms with Gasteiger partial charge in [-0.25, -0.2) is 9.69 Å². The van der Waals surface area contributed by atoms with E-state index in [1.165, 1.54) is 0 Å². The van der Waals surface area contributed by atoms with Crippen LogP contribution in [-0.2, 0) is 4.74 Å². The lowest BCUT2D eigenvalue weighted by atomic mass is 9.95. The molecule has 1 atom stereocenters. The van der Waals surface area contributed by atoms with Crippen LogP contribution in [0.2, 0.25) is 5.02 Å². The molecule has 4 aromatic carbocycles. The Balaban J connectivity index is 1.64. The maximum atomic E-state index is 13.2. The highest BCUT2D eigenvalue weighted by Crippen LogP contribution is 2.44. The first kappa shape index (κ1) is 23.9. The number of allylic oxidation sites excluding steroid dienone is 1. The fraction of sp³-hybridized carbons (Fsp3) is 0.0909. The lowest BCUT2D eigenvalue weighted by molar-refractivity contribution is 0.178. The second-order valence-corrected chi connectivity index (χ2v) is 9.59. The van der Waals surface area contributed by atoms with E-state index in [-0.39, 0.29) is 12.6 Å². The number of nitrogens with zero attached hydrogens (tertiary/aromatic N) is 1. The molecule has 4 nitrogen and oxygen atoms in total. The molecule has 1 aliphatic heterocycles. The van der Waals surface area contributed by atoms with E-state index in [9.17, 15) is 4.79 Å². The summed E-state index contributed by atoms with van der Waals surface area (Å²) in [5, 5.41) is 1.57. The van der Waals surface area contributed by atoms with Crippen molar-refractivity contribution in [1.82, 2.24) is 0 Å². The number of halogens is 1. The van der Waals surface area contributed by atoms with Crippen LogP contribution in [0.4, 0.5) is 10.7 Å². The number of rotatable bonds is 5. The predicted molar refractivity (Wildman–Crippen MR) is 152 cm³/mol. The summed E-state index contributed by atoms with van der Waals surface area (Å²) in [5.41, 5.74) is 9.81. The number of para-hydroxylation sites is 1. The summed E-state index contributed by atoms with van der Waals surface area (Å²) in [7, 11) is 0. The van der Waals surface area contributed by atoms with E-state index in [0.717, 1.165) is 38.8 Å². The van der Waals surface area contributed by atoms with E-state index in [1.54, 1.807) is 4.90 Å². The van der Waals surface area contributed by atoms with Crippen molar-refractivity contribution in [3.8, 4) is 0 Å². The van der Waals surface area contributed by atoms with Crippen molar-refractivity contribution in [2.45, 2.75) is 13.0 Å². The van der Waals surface area contributed by atoms with E-state index < -0.39 is 6.09 Å². The second kappa shape index (κ2) is 10.1. The topological polar surface area (TPSA) is 42.7 Å². The van der Waals surface area contributed by atoms with Crippen LogP contribution in [0.5, 0.6) is 0 Å². The Morgan fingerprint density at radius 1 is 0.842 bits per heavy atom. The molecule has 1 saturated heterocycles. The normalized spacial score (nSPS) is 14.8. The zero-order valence-corrected chi connectivity index (χ0v) is 21.5. The first-order valence-electron chi connectivity index (χ1n) is 12.4. The van der Waals surface area contributed by atoms with Crippen LogP contribution in [0.15, 0.2) is 119 Å². The number of carbonyl (C=O) groups excluding carboxylic acids is 1. The zero-order chi connectivity index (χ0) is 26.1. The minimum atomic E-state index is -0.440. The Morgan fingerprint density at radius 2 is 1.50 bits per heavy atom. The molecule has 1 aliphatic rings. The summed E-state index contributed by atoms with van der Waals surface area (Å²) in [6.45, 7) is 2.26. The number of furan rings is 1. The van der Waals surface area contributed by atoms with Crippen LogP contribution < -0.4 is 4.90 Å². The lowest BCUT2D eigenvalue weighted by Crippen LogP contribution is -2.27. The van der Waals surface area contributed by atoms with Crippen LogP contribution in [0.3, 0.4) is 0 Å². The number of amides is 1. The van der Waals surface area contributed by atoms with Gasteiger partial charge in [0.25, 0.3) is 0 Å². The molecule has 38 heavy (non-hydrogen) atoms. The van der Waals surface area contributed by atoms with Crippen molar-refractivity contribution < 1.29 is 13.9 Å². The Bertz CT molecular complexity index is 1680. The molecule has 0 spiro atoms. The van der Waals surface area contributed by atoms with Crippen LogP contribution in [0, 0.1) is 0 Å². The molecule has 1 unspecified atom stereocenters. The van der Waals surface area contributed by atoms with Crippen molar-refractivity contribution in [1.29, 1.82) is 0 Å². The van der Waals surface area contributed by atoms with Crippen LogP contribution >= 0.6 is 11.6 Å². The zero-order valence-electron chi connectivity index (χ0n) is 20.7.